The molecule has 2 unspecified atom stereocenters. The van der Waals surface area contributed by atoms with Crippen LogP contribution in [0, 0.1) is 0 Å². The number of amides is 1. The van der Waals surface area contributed by atoms with Crippen molar-refractivity contribution in [1.82, 2.24) is 5.32 Å². The third-order valence-corrected chi connectivity index (χ3v) is 15.6. The first kappa shape index (κ1) is 70.6. The summed E-state index contributed by atoms with van der Waals surface area (Å²) in [5.74, 6) is -0.0401. The predicted molar refractivity (Wildman–Crippen MR) is 315 cm³/mol. The number of carbonyl (C=O) groups is 2. The van der Waals surface area contributed by atoms with Gasteiger partial charge in [-0.05, 0) is 51.4 Å². The molecule has 72 heavy (non-hydrogen) atoms. The van der Waals surface area contributed by atoms with Crippen LogP contribution < -0.4 is 5.32 Å². The van der Waals surface area contributed by atoms with Gasteiger partial charge in [-0.15, -0.1) is 0 Å². The topological polar surface area (TPSA) is 95.9 Å². The zero-order valence-corrected chi connectivity index (χ0v) is 48.9. The molecule has 0 aromatic rings. The summed E-state index contributed by atoms with van der Waals surface area (Å²) in [5.41, 5.74) is 0. The van der Waals surface area contributed by atoms with E-state index in [0.29, 0.717) is 25.9 Å². The maximum atomic E-state index is 12.5. The van der Waals surface area contributed by atoms with E-state index in [-0.39, 0.29) is 18.5 Å². The summed E-state index contributed by atoms with van der Waals surface area (Å²) in [6, 6.07) is -0.549. The Balaban J connectivity index is 3.41. The smallest absolute Gasteiger partial charge is 0.305 e. The number of rotatable bonds is 62. The van der Waals surface area contributed by atoms with Crippen LogP contribution in [0.15, 0.2) is 12.2 Å². The molecule has 0 heterocycles. The fourth-order valence-electron chi connectivity index (χ4n) is 10.5. The maximum Gasteiger partial charge on any atom is 0.305 e. The van der Waals surface area contributed by atoms with Crippen molar-refractivity contribution in [3.63, 3.8) is 0 Å². The Morgan fingerprint density at radius 1 is 0.375 bits per heavy atom. The second kappa shape index (κ2) is 62.1. The van der Waals surface area contributed by atoms with Gasteiger partial charge in [-0.1, -0.05) is 321 Å². The van der Waals surface area contributed by atoms with Crippen LogP contribution in [0.25, 0.3) is 0 Å². The van der Waals surface area contributed by atoms with Gasteiger partial charge in [0, 0.05) is 12.8 Å². The summed E-state index contributed by atoms with van der Waals surface area (Å²) in [7, 11) is 0. The van der Waals surface area contributed by atoms with Crippen LogP contribution >= 0.6 is 0 Å². The number of nitrogens with one attached hydrogen (secondary N) is 1. The largest absolute Gasteiger partial charge is 0.466 e. The molecule has 0 spiro atoms. The second-order valence-electron chi connectivity index (χ2n) is 22.8. The van der Waals surface area contributed by atoms with Crippen LogP contribution in [0.1, 0.15) is 373 Å². The van der Waals surface area contributed by atoms with E-state index in [0.717, 1.165) is 44.9 Å². The molecule has 2 atom stereocenters. The highest BCUT2D eigenvalue weighted by molar-refractivity contribution is 5.76. The number of ether oxygens (including phenoxy) is 1. The first-order valence-corrected chi connectivity index (χ1v) is 32.9. The molecule has 0 aliphatic rings. The molecule has 0 saturated heterocycles. The Bertz CT molecular complexity index is 1080. The molecule has 0 radical (unpaired) electrons. The number of esters is 1. The van der Waals surface area contributed by atoms with Gasteiger partial charge in [0.25, 0.3) is 0 Å². The van der Waals surface area contributed by atoms with Gasteiger partial charge < -0.3 is 20.3 Å². The monoisotopic (exact) mass is 1020 g/mol. The Labute approximate surface area is 450 Å². The van der Waals surface area contributed by atoms with Gasteiger partial charge in [0.15, 0.2) is 0 Å². The molecule has 1 amide bonds. The Morgan fingerprint density at radius 3 is 0.986 bits per heavy atom. The van der Waals surface area contributed by atoms with Crippen LogP contribution in [-0.4, -0.2) is 47.4 Å². The van der Waals surface area contributed by atoms with Crippen molar-refractivity contribution in [3.8, 4) is 0 Å². The summed E-state index contributed by atoms with van der Waals surface area (Å²) in [6.07, 6.45) is 75.1. The Morgan fingerprint density at radius 2 is 0.653 bits per heavy atom. The van der Waals surface area contributed by atoms with E-state index in [1.54, 1.807) is 0 Å². The molecule has 0 saturated carbocycles. The normalized spacial score (nSPS) is 12.6. The summed E-state index contributed by atoms with van der Waals surface area (Å²) in [4.78, 5) is 24.6. The van der Waals surface area contributed by atoms with E-state index in [2.05, 4.69) is 31.3 Å². The van der Waals surface area contributed by atoms with E-state index in [1.165, 1.54) is 295 Å². The first-order valence-electron chi connectivity index (χ1n) is 32.9. The van der Waals surface area contributed by atoms with E-state index in [4.69, 9.17) is 4.74 Å². The number of aliphatic hydroxyl groups is 2. The molecular weight excluding hydrogens is 887 g/mol. The average Bonchev–Trinajstić information content (AvgIpc) is 3.38. The van der Waals surface area contributed by atoms with Crippen molar-refractivity contribution in [2.45, 2.75) is 386 Å². The standard InChI is InChI=1S/C66H129NO5/c1-3-5-7-9-11-13-15-17-19-21-22-23-24-25-26-28-30-34-38-42-46-50-54-58-64(69)63(62-68)67-65(70)59-55-51-47-43-39-35-31-29-33-37-41-45-49-53-57-61-72-66(71)60-56-52-48-44-40-36-32-27-20-18-16-14-12-10-8-6-4-2/h18,20,63-64,68-69H,3-17,19,21-62H2,1-2H3,(H,67,70)/b20-18-. The Hall–Kier alpha value is -1.40. The molecule has 0 aliphatic heterocycles. The fourth-order valence-corrected chi connectivity index (χ4v) is 10.5. The number of hydrogen-bond donors (Lipinski definition) is 3. The number of allylic oxidation sites excluding steroid dienone is 2. The number of carbonyl (C=O) groups excluding carboxylic acids is 2. The average molecular weight is 1020 g/mol. The van der Waals surface area contributed by atoms with Crippen molar-refractivity contribution in [3.05, 3.63) is 12.2 Å². The SMILES string of the molecule is CCCCCCCC/C=C\CCCCCCCCCC(=O)OCCCCCCCCCCCCCCCCCC(=O)NC(CO)C(O)CCCCCCCCCCCCCCCCCCCCCCCCC. The lowest BCUT2D eigenvalue weighted by Gasteiger charge is -2.22. The molecular formula is C66H129NO5. The molecule has 0 fully saturated rings. The predicted octanol–water partition coefficient (Wildman–Crippen LogP) is 20.8. The Kier molecular flexibility index (Phi) is 60.9. The lowest BCUT2D eigenvalue weighted by Crippen LogP contribution is -2.45. The molecule has 6 nitrogen and oxygen atoms in total. The van der Waals surface area contributed by atoms with Gasteiger partial charge in [0.05, 0.1) is 25.4 Å². The van der Waals surface area contributed by atoms with Crippen molar-refractivity contribution in [2.24, 2.45) is 0 Å². The van der Waals surface area contributed by atoms with E-state index < -0.39 is 12.1 Å². The molecule has 3 N–H and O–H groups in total. The minimum Gasteiger partial charge on any atom is -0.466 e. The fraction of sp³-hybridized carbons (Fsp3) is 0.939. The van der Waals surface area contributed by atoms with Gasteiger partial charge in [0.1, 0.15) is 0 Å². The number of unbranched alkanes of at least 4 members (excludes halogenated alkanes) is 49. The lowest BCUT2D eigenvalue weighted by molar-refractivity contribution is -0.143. The van der Waals surface area contributed by atoms with E-state index >= 15 is 0 Å². The molecule has 6 heteroatoms. The third-order valence-electron chi connectivity index (χ3n) is 15.6. The number of aliphatic hydroxyl groups excluding tert-OH is 2. The second-order valence-corrected chi connectivity index (χ2v) is 22.8. The van der Waals surface area contributed by atoms with Crippen LogP contribution in [0.3, 0.4) is 0 Å². The summed E-state index contributed by atoms with van der Waals surface area (Å²) >= 11 is 0. The van der Waals surface area contributed by atoms with Crippen molar-refractivity contribution < 1.29 is 24.5 Å². The van der Waals surface area contributed by atoms with Crippen LogP contribution in [-0.2, 0) is 14.3 Å². The van der Waals surface area contributed by atoms with Crippen LogP contribution in [0.5, 0.6) is 0 Å². The molecule has 0 rings (SSSR count). The maximum absolute atomic E-state index is 12.5. The summed E-state index contributed by atoms with van der Waals surface area (Å²) < 4.78 is 5.49. The van der Waals surface area contributed by atoms with Gasteiger partial charge in [-0.3, -0.25) is 9.59 Å². The molecule has 0 aromatic heterocycles. The molecule has 428 valence electrons. The highest BCUT2D eigenvalue weighted by atomic mass is 16.5. The minimum absolute atomic E-state index is 0.00117. The zero-order chi connectivity index (χ0) is 52.2. The molecule has 0 aromatic carbocycles. The van der Waals surface area contributed by atoms with Crippen molar-refractivity contribution in [1.29, 1.82) is 0 Å². The third kappa shape index (κ3) is 57.9. The number of hydrogen-bond acceptors (Lipinski definition) is 5. The van der Waals surface area contributed by atoms with Gasteiger partial charge in [-0.25, -0.2) is 0 Å². The van der Waals surface area contributed by atoms with Gasteiger partial charge in [-0.2, -0.15) is 0 Å². The lowest BCUT2D eigenvalue weighted by atomic mass is 10.0. The van der Waals surface area contributed by atoms with Crippen molar-refractivity contribution in [2.75, 3.05) is 13.2 Å². The van der Waals surface area contributed by atoms with E-state index in [1.807, 2.05) is 0 Å². The van der Waals surface area contributed by atoms with Crippen LogP contribution in [0.2, 0.25) is 0 Å². The molecule has 0 bridgehead atoms. The highest BCUT2D eigenvalue weighted by Gasteiger charge is 2.20. The minimum atomic E-state index is -0.671. The first-order chi connectivity index (χ1) is 35.5. The summed E-state index contributed by atoms with van der Waals surface area (Å²) in [5, 5.41) is 23.4. The molecule has 0 aliphatic carbocycles. The summed E-state index contributed by atoms with van der Waals surface area (Å²) in [6.45, 7) is 4.97. The van der Waals surface area contributed by atoms with Gasteiger partial charge in [0.2, 0.25) is 5.91 Å². The van der Waals surface area contributed by atoms with Gasteiger partial charge >= 0.3 is 5.97 Å². The van der Waals surface area contributed by atoms with E-state index in [9.17, 15) is 19.8 Å². The zero-order valence-electron chi connectivity index (χ0n) is 48.9. The quantitative estimate of drug-likeness (QED) is 0.0320. The van der Waals surface area contributed by atoms with Crippen molar-refractivity contribution >= 4 is 11.9 Å². The highest BCUT2D eigenvalue weighted by Crippen LogP contribution is 2.19. The van der Waals surface area contributed by atoms with Crippen LogP contribution in [0.4, 0.5) is 0 Å².